The smallest absolute Gasteiger partial charge is 0.306 e. The van der Waals surface area contributed by atoms with Gasteiger partial charge in [0, 0.05) is 18.5 Å². The first-order chi connectivity index (χ1) is 15.0. The van der Waals surface area contributed by atoms with Gasteiger partial charge in [0.2, 0.25) is 0 Å². The highest BCUT2D eigenvalue weighted by atomic mass is 16.5. The van der Waals surface area contributed by atoms with Crippen molar-refractivity contribution >= 4 is 11.8 Å². The van der Waals surface area contributed by atoms with Gasteiger partial charge in [0.05, 0.1) is 18.6 Å². The third-order valence-corrected chi connectivity index (χ3v) is 4.71. The summed E-state index contributed by atoms with van der Waals surface area (Å²) < 4.78 is 4.83. The number of aromatic nitrogens is 1. The van der Waals surface area contributed by atoms with Gasteiger partial charge in [-0.15, -0.1) is 0 Å². The van der Waals surface area contributed by atoms with E-state index < -0.39 is 17.5 Å². The maximum absolute atomic E-state index is 12.5. The molecule has 1 N–H and O–H groups in total. The third kappa shape index (κ3) is 5.55. The average Bonchev–Trinajstić information content (AvgIpc) is 2.79. The van der Waals surface area contributed by atoms with Gasteiger partial charge in [0.15, 0.2) is 11.5 Å². The Morgan fingerprint density at radius 3 is 2.48 bits per heavy atom. The van der Waals surface area contributed by atoms with Crippen LogP contribution in [0, 0.1) is 11.3 Å². The van der Waals surface area contributed by atoms with E-state index in [1.165, 1.54) is 6.07 Å². The first-order valence-electron chi connectivity index (χ1n) is 9.98. The Labute approximate surface area is 180 Å². The molecule has 156 valence electrons. The van der Waals surface area contributed by atoms with Crippen LogP contribution in [0.2, 0.25) is 0 Å². The predicted molar refractivity (Wildman–Crippen MR) is 115 cm³/mol. The van der Waals surface area contributed by atoms with Crippen molar-refractivity contribution in [2.24, 2.45) is 0 Å². The Morgan fingerprint density at radius 1 is 1.03 bits per heavy atom. The van der Waals surface area contributed by atoms with Crippen LogP contribution in [0.3, 0.4) is 0 Å². The molecule has 0 unspecified atom stereocenters. The Kier molecular flexibility index (Phi) is 7.13. The molecule has 0 bridgehead atoms. The van der Waals surface area contributed by atoms with Crippen molar-refractivity contribution in [2.45, 2.75) is 26.2 Å². The number of pyridine rings is 1. The summed E-state index contributed by atoms with van der Waals surface area (Å²) in [6.07, 6.45) is 0.115. The number of carbonyl (C=O) groups excluding carboxylic acids is 2. The van der Waals surface area contributed by atoms with Crippen LogP contribution < -0.4 is 0 Å². The van der Waals surface area contributed by atoms with Gasteiger partial charge < -0.3 is 9.84 Å². The lowest BCUT2D eigenvalue weighted by molar-refractivity contribution is -0.143. The van der Waals surface area contributed by atoms with Gasteiger partial charge in [-0.1, -0.05) is 54.6 Å². The van der Waals surface area contributed by atoms with Crippen molar-refractivity contribution in [1.29, 1.82) is 5.26 Å². The van der Waals surface area contributed by atoms with Gasteiger partial charge in [-0.2, -0.15) is 5.26 Å². The number of rotatable bonds is 8. The van der Waals surface area contributed by atoms with Crippen LogP contribution in [-0.4, -0.2) is 28.4 Å². The molecule has 0 fully saturated rings. The van der Waals surface area contributed by atoms with Crippen LogP contribution >= 0.6 is 0 Å². The van der Waals surface area contributed by atoms with E-state index in [0.717, 1.165) is 16.7 Å². The second-order valence-electron chi connectivity index (χ2n) is 6.94. The minimum atomic E-state index is -0.512. The molecule has 31 heavy (non-hydrogen) atoms. The summed E-state index contributed by atoms with van der Waals surface area (Å²) in [5.41, 5.74) is 3.34. The molecule has 0 aliphatic carbocycles. The highest BCUT2D eigenvalue weighted by Crippen LogP contribution is 2.26. The molecule has 6 nitrogen and oxygen atoms in total. The largest absolute Gasteiger partial charge is 0.504 e. The van der Waals surface area contributed by atoms with E-state index in [1.54, 1.807) is 6.92 Å². The molecule has 0 aliphatic rings. The topological polar surface area (TPSA) is 100 Å². The Balaban J connectivity index is 1.85. The fourth-order valence-electron chi connectivity index (χ4n) is 3.23. The predicted octanol–water partition coefficient (Wildman–Crippen LogP) is 4.44. The van der Waals surface area contributed by atoms with Crippen molar-refractivity contribution in [3.63, 3.8) is 0 Å². The fourth-order valence-corrected chi connectivity index (χ4v) is 3.23. The first kappa shape index (κ1) is 21.7. The summed E-state index contributed by atoms with van der Waals surface area (Å²) in [4.78, 5) is 28.4. The molecule has 0 saturated heterocycles. The van der Waals surface area contributed by atoms with E-state index >= 15 is 0 Å². The van der Waals surface area contributed by atoms with Gasteiger partial charge in [-0.3, -0.25) is 9.59 Å². The summed E-state index contributed by atoms with van der Waals surface area (Å²) in [5.74, 6) is -1.47. The lowest BCUT2D eigenvalue weighted by Crippen LogP contribution is -2.11. The van der Waals surface area contributed by atoms with E-state index in [9.17, 15) is 20.0 Å². The van der Waals surface area contributed by atoms with E-state index in [4.69, 9.17) is 4.74 Å². The van der Waals surface area contributed by atoms with Crippen LogP contribution in [0.4, 0.5) is 0 Å². The molecule has 0 radical (unpaired) electrons. The average molecular weight is 414 g/mol. The number of nitriles is 1. The first-order valence-corrected chi connectivity index (χ1v) is 9.98. The number of benzene rings is 2. The molecular weight excluding hydrogens is 392 g/mol. The molecule has 0 spiro atoms. The monoisotopic (exact) mass is 414 g/mol. The minimum Gasteiger partial charge on any atom is -0.504 e. The number of hydrogen-bond acceptors (Lipinski definition) is 6. The van der Waals surface area contributed by atoms with Crippen molar-refractivity contribution in [1.82, 2.24) is 4.98 Å². The highest BCUT2D eigenvalue weighted by Gasteiger charge is 2.20. The summed E-state index contributed by atoms with van der Waals surface area (Å²) in [6, 6.07) is 21.2. The van der Waals surface area contributed by atoms with Crippen molar-refractivity contribution in [3.8, 4) is 22.9 Å². The zero-order chi connectivity index (χ0) is 22.2. The maximum Gasteiger partial charge on any atom is 0.306 e. The number of ketones is 1. The second kappa shape index (κ2) is 10.2. The molecule has 6 heteroatoms. The van der Waals surface area contributed by atoms with E-state index in [1.807, 2.05) is 60.7 Å². The maximum atomic E-state index is 12.5. The van der Waals surface area contributed by atoms with Gasteiger partial charge in [0.25, 0.3) is 0 Å². The van der Waals surface area contributed by atoms with Crippen LogP contribution in [0.25, 0.3) is 11.1 Å². The summed E-state index contributed by atoms with van der Waals surface area (Å²) in [6.45, 7) is 1.91. The molecule has 1 aromatic heterocycles. The van der Waals surface area contributed by atoms with Crippen LogP contribution in [0.5, 0.6) is 5.75 Å². The highest BCUT2D eigenvalue weighted by molar-refractivity contribution is 5.98. The number of aromatic hydroxyl groups is 1. The zero-order valence-corrected chi connectivity index (χ0v) is 17.2. The number of hydrogen-bond donors (Lipinski definition) is 1. The number of nitrogens with zero attached hydrogens (tertiary/aromatic N) is 2. The molecule has 1 heterocycles. The van der Waals surface area contributed by atoms with Gasteiger partial charge in [0.1, 0.15) is 11.8 Å². The summed E-state index contributed by atoms with van der Waals surface area (Å²) in [5, 5.41) is 19.7. The third-order valence-electron chi connectivity index (χ3n) is 4.71. The van der Waals surface area contributed by atoms with E-state index in [-0.39, 0.29) is 30.7 Å². The fraction of sp³-hybridized carbons (Fsp3) is 0.200. The number of Topliss-reactive ketones (excluding diaryl/α,β-unsaturated/α-hetero) is 1. The van der Waals surface area contributed by atoms with Crippen LogP contribution in [0.15, 0.2) is 60.7 Å². The molecule has 3 aromatic rings. The van der Waals surface area contributed by atoms with Gasteiger partial charge >= 0.3 is 5.97 Å². The van der Waals surface area contributed by atoms with Gasteiger partial charge in [-0.05, 0) is 29.7 Å². The zero-order valence-electron chi connectivity index (χ0n) is 17.2. The summed E-state index contributed by atoms with van der Waals surface area (Å²) >= 11 is 0. The van der Waals surface area contributed by atoms with E-state index in [0.29, 0.717) is 12.1 Å². The van der Waals surface area contributed by atoms with Gasteiger partial charge in [-0.25, -0.2) is 4.98 Å². The lowest BCUT2D eigenvalue weighted by atomic mass is 10.00. The number of esters is 1. The molecular formula is C25H22N2O4. The summed E-state index contributed by atoms with van der Waals surface area (Å²) in [7, 11) is 0. The standard InChI is InChI=1S/C25H22N2O4/c1-2-31-23(29)12-11-22(28)24-25(30)20(16-26)15-21(27-24)14-17-7-6-10-19(13-17)18-8-4-3-5-9-18/h3-10,13,15,30H,2,11-12,14H2,1H3. The molecule has 0 aliphatic heterocycles. The van der Waals surface area contributed by atoms with Crippen molar-refractivity contribution in [3.05, 3.63) is 83.2 Å². The number of ether oxygens (including phenoxy) is 1. The Morgan fingerprint density at radius 2 is 1.77 bits per heavy atom. The van der Waals surface area contributed by atoms with Crippen LogP contribution in [0.1, 0.15) is 47.1 Å². The molecule has 2 aromatic carbocycles. The molecule has 0 saturated carbocycles. The quantitative estimate of drug-likeness (QED) is 0.432. The number of carbonyl (C=O) groups is 2. The Bertz CT molecular complexity index is 1130. The lowest BCUT2D eigenvalue weighted by Gasteiger charge is -2.10. The normalized spacial score (nSPS) is 10.3. The molecule has 0 atom stereocenters. The molecule has 0 amide bonds. The van der Waals surface area contributed by atoms with Crippen molar-refractivity contribution < 1.29 is 19.4 Å². The SMILES string of the molecule is CCOC(=O)CCC(=O)c1nc(Cc2cccc(-c3ccccc3)c2)cc(C#N)c1O. The Hall–Kier alpha value is -3.98. The van der Waals surface area contributed by atoms with E-state index in [2.05, 4.69) is 4.98 Å². The minimum absolute atomic E-state index is 0.0244. The van der Waals surface area contributed by atoms with Crippen molar-refractivity contribution in [2.75, 3.05) is 6.61 Å². The molecule has 3 rings (SSSR count). The van der Waals surface area contributed by atoms with Crippen LogP contribution in [-0.2, 0) is 16.0 Å². The second-order valence-corrected chi connectivity index (χ2v) is 6.94.